The number of hydrogen-bond acceptors (Lipinski definition) is 2. The zero-order valence-corrected chi connectivity index (χ0v) is 16.5. The molecule has 3 nitrogen and oxygen atoms in total. The lowest BCUT2D eigenvalue weighted by molar-refractivity contribution is 1.17. The van der Waals surface area contributed by atoms with Crippen molar-refractivity contribution in [2.24, 2.45) is 0 Å². The first-order valence-electron chi connectivity index (χ1n) is 10.1. The fourth-order valence-electron chi connectivity index (χ4n) is 4.77. The number of nitriles is 2. The van der Waals surface area contributed by atoms with E-state index in [1.807, 2.05) is 12.1 Å². The van der Waals surface area contributed by atoms with Crippen LogP contribution in [-0.2, 0) is 0 Å². The third kappa shape index (κ3) is 2.32. The lowest BCUT2D eigenvalue weighted by atomic mass is 9.97. The van der Waals surface area contributed by atoms with Crippen molar-refractivity contribution in [2.75, 3.05) is 0 Å². The fraction of sp³-hybridized carbons (Fsp3) is 0. The Labute approximate surface area is 178 Å². The zero-order valence-electron chi connectivity index (χ0n) is 16.5. The minimum atomic E-state index is 0.483. The van der Waals surface area contributed by atoms with Crippen LogP contribution in [0.15, 0.2) is 91.0 Å². The average molecular weight is 393 g/mol. The van der Waals surface area contributed by atoms with Crippen LogP contribution in [0.3, 0.4) is 0 Å². The first kappa shape index (κ1) is 17.3. The van der Waals surface area contributed by atoms with E-state index in [9.17, 15) is 10.5 Å². The highest BCUT2D eigenvalue weighted by Gasteiger charge is 2.19. The minimum Gasteiger partial charge on any atom is -0.307 e. The van der Waals surface area contributed by atoms with E-state index in [4.69, 9.17) is 0 Å². The third-order valence-corrected chi connectivity index (χ3v) is 6.03. The number of para-hydroxylation sites is 1. The van der Waals surface area contributed by atoms with Crippen LogP contribution in [0.1, 0.15) is 11.1 Å². The van der Waals surface area contributed by atoms with Crippen LogP contribution in [0, 0.1) is 22.7 Å². The third-order valence-electron chi connectivity index (χ3n) is 6.03. The van der Waals surface area contributed by atoms with Gasteiger partial charge in [0.2, 0.25) is 0 Å². The van der Waals surface area contributed by atoms with Gasteiger partial charge in [0.05, 0.1) is 33.9 Å². The van der Waals surface area contributed by atoms with E-state index < -0.39 is 0 Å². The summed E-state index contributed by atoms with van der Waals surface area (Å²) in [7, 11) is 0. The van der Waals surface area contributed by atoms with Crippen LogP contribution in [0.5, 0.6) is 0 Å². The van der Waals surface area contributed by atoms with Crippen LogP contribution >= 0.6 is 0 Å². The molecule has 142 valence electrons. The maximum atomic E-state index is 9.89. The van der Waals surface area contributed by atoms with Crippen LogP contribution in [-0.4, -0.2) is 4.57 Å². The number of aromatic nitrogens is 1. The topological polar surface area (TPSA) is 52.5 Å². The predicted molar refractivity (Wildman–Crippen MR) is 125 cm³/mol. The van der Waals surface area contributed by atoms with Gasteiger partial charge in [-0.3, -0.25) is 0 Å². The van der Waals surface area contributed by atoms with Crippen LogP contribution in [0.25, 0.3) is 49.0 Å². The van der Waals surface area contributed by atoms with Crippen molar-refractivity contribution in [1.29, 1.82) is 10.5 Å². The second-order valence-corrected chi connectivity index (χ2v) is 7.62. The van der Waals surface area contributed by atoms with E-state index >= 15 is 0 Å². The molecule has 0 aliphatic rings. The molecule has 5 aromatic carbocycles. The molecule has 31 heavy (non-hydrogen) atoms. The molecule has 3 heteroatoms. The van der Waals surface area contributed by atoms with Crippen LogP contribution < -0.4 is 0 Å². The van der Waals surface area contributed by atoms with Gasteiger partial charge < -0.3 is 4.57 Å². The molecule has 0 fully saturated rings. The Morgan fingerprint density at radius 1 is 0.581 bits per heavy atom. The smallest absolute Gasteiger partial charge is 0.101 e. The number of hydrogen-bond donors (Lipinski definition) is 0. The monoisotopic (exact) mass is 393 g/mol. The molecule has 0 N–H and O–H groups in total. The maximum Gasteiger partial charge on any atom is 0.101 e. The normalized spacial score (nSPS) is 11.2. The minimum absolute atomic E-state index is 0.483. The van der Waals surface area contributed by atoms with Gasteiger partial charge in [0.25, 0.3) is 0 Å². The summed E-state index contributed by atoms with van der Waals surface area (Å²) < 4.78 is 2.18. The molecule has 6 aromatic rings. The Morgan fingerprint density at radius 3 is 1.90 bits per heavy atom. The Kier molecular flexibility index (Phi) is 3.60. The average Bonchev–Trinajstić information content (AvgIpc) is 3.19. The molecule has 0 spiro atoms. The van der Waals surface area contributed by atoms with Crippen molar-refractivity contribution in [3.05, 3.63) is 102 Å². The van der Waals surface area contributed by atoms with Gasteiger partial charge in [-0.05, 0) is 40.4 Å². The van der Waals surface area contributed by atoms with Crippen molar-refractivity contribution in [3.63, 3.8) is 0 Å². The second-order valence-electron chi connectivity index (χ2n) is 7.62. The van der Waals surface area contributed by atoms with E-state index in [0.29, 0.717) is 11.1 Å². The van der Waals surface area contributed by atoms with Gasteiger partial charge in [-0.1, -0.05) is 66.7 Å². The molecule has 1 aromatic heterocycles. The van der Waals surface area contributed by atoms with Crippen LogP contribution in [0.4, 0.5) is 0 Å². The van der Waals surface area contributed by atoms with Crippen molar-refractivity contribution in [1.82, 2.24) is 4.57 Å². The van der Waals surface area contributed by atoms with Gasteiger partial charge in [-0.2, -0.15) is 10.5 Å². The summed E-state index contributed by atoms with van der Waals surface area (Å²) in [6.07, 6.45) is 0. The molecule has 0 saturated heterocycles. The highest BCUT2D eigenvalue weighted by molar-refractivity contribution is 6.32. The molecule has 0 aliphatic heterocycles. The summed E-state index contributed by atoms with van der Waals surface area (Å²) in [5, 5.41) is 26.3. The summed E-state index contributed by atoms with van der Waals surface area (Å²) >= 11 is 0. The number of nitrogens with zero attached hydrogens (tertiary/aromatic N) is 3. The van der Waals surface area contributed by atoms with Gasteiger partial charge >= 0.3 is 0 Å². The number of benzene rings is 5. The summed E-state index contributed by atoms with van der Waals surface area (Å²) in [4.78, 5) is 0. The molecule has 0 atom stereocenters. The lowest BCUT2D eigenvalue weighted by Gasteiger charge is -2.13. The van der Waals surface area contributed by atoms with E-state index in [0.717, 1.165) is 27.5 Å². The van der Waals surface area contributed by atoms with Crippen molar-refractivity contribution in [2.45, 2.75) is 0 Å². The largest absolute Gasteiger partial charge is 0.307 e. The molecule has 0 saturated carbocycles. The van der Waals surface area contributed by atoms with Crippen molar-refractivity contribution >= 4 is 43.4 Å². The number of rotatable bonds is 1. The van der Waals surface area contributed by atoms with E-state index in [1.165, 1.54) is 21.5 Å². The fourth-order valence-corrected chi connectivity index (χ4v) is 4.77. The quantitative estimate of drug-likeness (QED) is 0.287. The van der Waals surface area contributed by atoms with Gasteiger partial charge in [-0.25, -0.2) is 0 Å². The molecule has 0 bridgehead atoms. The Balaban J connectivity index is 1.95. The first-order valence-corrected chi connectivity index (χ1v) is 10.1. The summed E-state index contributed by atoms with van der Waals surface area (Å²) in [5.74, 6) is 0. The van der Waals surface area contributed by atoms with E-state index in [-0.39, 0.29) is 0 Å². The highest BCUT2D eigenvalue weighted by atomic mass is 15.0. The predicted octanol–water partition coefficient (Wildman–Crippen LogP) is 6.83. The Morgan fingerprint density at radius 2 is 1.19 bits per heavy atom. The maximum absolute atomic E-state index is 9.89. The number of fused-ring (bicyclic) bond motifs is 8. The summed E-state index contributed by atoms with van der Waals surface area (Å²) in [5.41, 5.74) is 3.88. The molecule has 0 unspecified atom stereocenters. The SMILES string of the molecule is N#Cc1ccc(-n2c3ccccc3c3c4ccccc4c4ccccc4c32)c(C#N)c1. The van der Waals surface area contributed by atoms with E-state index in [2.05, 4.69) is 83.4 Å². The lowest BCUT2D eigenvalue weighted by Crippen LogP contribution is -1.99. The highest BCUT2D eigenvalue weighted by Crippen LogP contribution is 2.42. The molecule has 0 radical (unpaired) electrons. The second kappa shape index (κ2) is 6.46. The van der Waals surface area contributed by atoms with Crippen molar-refractivity contribution in [3.8, 4) is 17.8 Å². The molecular weight excluding hydrogens is 378 g/mol. The molecule has 1 heterocycles. The molecule has 0 aliphatic carbocycles. The van der Waals surface area contributed by atoms with Gasteiger partial charge in [0.1, 0.15) is 6.07 Å². The first-order chi connectivity index (χ1) is 15.3. The van der Waals surface area contributed by atoms with Gasteiger partial charge in [-0.15, -0.1) is 0 Å². The van der Waals surface area contributed by atoms with Gasteiger partial charge in [0, 0.05) is 16.2 Å². The van der Waals surface area contributed by atoms with E-state index in [1.54, 1.807) is 12.1 Å². The molecule has 6 rings (SSSR count). The van der Waals surface area contributed by atoms with Crippen molar-refractivity contribution < 1.29 is 0 Å². The summed E-state index contributed by atoms with van der Waals surface area (Å²) in [6, 6.07) is 35.0. The summed E-state index contributed by atoms with van der Waals surface area (Å²) in [6.45, 7) is 0. The Hall–Kier alpha value is -4.60. The zero-order chi connectivity index (χ0) is 20.9. The molecular formula is C28H15N3. The Bertz CT molecular complexity index is 1760. The van der Waals surface area contributed by atoms with Crippen LogP contribution in [0.2, 0.25) is 0 Å². The standard InChI is InChI=1S/C28H15N3/c29-16-18-13-14-25(19(15-18)17-30)31-26-12-6-5-11-24(26)27-22-9-3-1-7-20(22)21-8-2-4-10-23(21)28(27)31/h1-15H. The van der Waals surface area contributed by atoms with Gasteiger partial charge in [0.15, 0.2) is 0 Å². The molecule has 0 amide bonds.